The standard InChI is InChI=1S/2C20H24INO.C9HF17O2.C5HF9O2/c2*1-2-3-4-5-9-12-20(23)22-19-15-13-18(14-16-19)21-17-10-7-6-8-11-17;10-2(11,1(27)28)3(12,13)4(14,15)5(16,17)6(18,19)7(20,21)8(22,23)9(24,25)26;6-2(7,1(15)16)3(8,9)4(10,11)5(12,13)14/h2*6-8,10-11,13-16H,2-5,9,12H2,1H3;(H,27,28);(H,15,16). The van der Waals surface area contributed by atoms with Crippen LogP contribution in [0.1, 0.15) is 90.9 Å². The number of rotatable bonds is 28. The van der Waals surface area contributed by atoms with Crippen LogP contribution >= 0.6 is 0 Å². The van der Waals surface area contributed by atoms with Gasteiger partial charge in [-0.3, -0.25) is 9.59 Å². The highest BCUT2D eigenvalue weighted by atomic mass is 127. The van der Waals surface area contributed by atoms with Crippen molar-refractivity contribution in [1.82, 2.24) is 0 Å². The Morgan fingerprint density at radius 1 is 0.322 bits per heavy atom. The monoisotopic (exact) mass is 1570 g/mol. The van der Waals surface area contributed by atoms with Crippen molar-refractivity contribution in [2.75, 3.05) is 10.6 Å². The number of benzene rings is 4. The van der Waals surface area contributed by atoms with Gasteiger partial charge in [-0.05, 0) is 85.6 Å². The molecule has 0 bridgehead atoms. The number of amides is 2. The molecule has 0 aliphatic rings. The van der Waals surface area contributed by atoms with Crippen LogP contribution in [0.15, 0.2) is 109 Å². The van der Waals surface area contributed by atoms with Crippen molar-refractivity contribution < 1.29 is 186 Å². The summed E-state index contributed by atoms with van der Waals surface area (Å²) in [4.78, 5) is 42.9. The Balaban J connectivity index is 0.000000610. The first-order valence-corrected chi connectivity index (χ1v) is 29.8. The van der Waals surface area contributed by atoms with Crippen LogP contribution < -0.4 is 63.3 Å². The molecule has 0 saturated carbocycles. The number of halogens is 28. The van der Waals surface area contributed by atoms with Crippen molar-refractivity contribution in [2.24, 2.45) is 0 Å². The third kappa shape index (κ3) is 20.7. The predicted octanol–water partition coefficient (Wildman–Crippen LogP) is 9.18. The van der Waals surface area contributed by atoms with E-state index in [-0.39, 0.29) is 54.2 Å². The van der Waals surface area contributed by atoms with Crippen molar-refractivity contribution in [3.8, 4) is 0 Å². The smallest absolute Gasteiger partial charge is 0.460 e. The summed E-state index contributed by atoms with van der Waals surface area (Å²) in [6.45, 7) is 4.41. The van der Waals surface area contributed by atoms with Crippen LogP contribution in [-0.4, -0.2) is 95.3 Å². The van der Waals surface area contributed by atoms with Gasteiger partial charge in [0.15, 0.2) is 14.3 Å². The first kappa shape index (κ1) is 82.4. The molecule has 0 aliphatic carbocycles. The van der Waals surface area contributed by atoms with E-state index in [9.17, 15) is 144 Å². The first-order chi connectivity index (χ1) is 40.9. The summed E-state index contributed by atoms with van der Waals surface area (Å²) in [6.07, 6.45) is -1.84. The van der Waals surface area contributed by atoms with E-state index in [0.29, 0.717) is 12.8 Å². The van der Waals surface area contributed by atoms with Crippen LogP contribution in [0.5, 0.6) is 0 Å². The van der Waals surface area contributed by atoms with E-state index in [1.54, 1.807) is 0 Å². The average molecular weight is 1570 g/mol. The lowest BCUT2D eigenvalue weighted by molar-refractivity contribution is -0.597. The average Bonchev–Trinajstić information content (AvgIpc) is 0.701. The van der Waals surface area contributed by atoms with E-state index in [4.69, 9.17) is 0 Å². The lowest BCUT2D eigenvalue weighted by Gasteiger charge is -2.42. The molecular formula is C54H50F26I2N2O6. The van der Waals surface area contributed by atoms with Gasteiger partial charge in [0.1, 0.15) is 11.9 Å². The molecule has 4 rings (SSSR count). The molecule has 4 aromatic rings. The van der Waals surface area contributed by atoms with Crippen LogP contribution in [0.3, 0.4) is 0 Å². The maximum atomic E-state index is 13.0. The number of carboxylic acid groups (broad SMARTS) is 2. The van der Waals surface area contributed by atoms with Crippen molar-refractivity contribution in [2.45, 2.75) is 162 Å². The molecule has 0 unspecified atom stereocenters. The molecule has 0 saturated heterocycles. The topological polar surface area (TPSA) is 138 Å². The minimum Gasteiger partial charge on any atom is -0.544 e. The second-order valence-corrected chi connectivity index (χ2v) is 24.6. The van der Waals surface area contributed by atoms with Crippen LogP contribution in [-0.2, 0) is 19.2 Å². The van der Waals surface area contributed by atoms with Gasteiger partial charge in [-0.25, -0.2) is 0 Å². The third-order valence-electron chi connectivity index (χ3n) is 11.6. The molecule has 0 radical (unpaired) electrons. The summed E-state index contributed by atoms with van der Waals surface area (Å²) in [6, 6.07) is 37.8. The van der Waals surface area contributed by atoms with Crippen molar-refractivity contribution in [1.29, 1.82) is 0 Å². The predicted molar refractivity (Wildman–Crippen MR) is 256 cm³/mol. The molecule has 2 N–H and O–H groups in total. The van der Waals surface area contributed by atoms with Crippen molar-refractivity contribution >= 4 is 35.1 Å². The summed E-state index contributed by atoms with van der Waals surface area (Å²) in [5, 5.41) is 25.0. The first-order valence-electron chi connectivity index (χ1n) is 25.5. The van der Waals surface area contributed by atoms with Crippen LogP contribution in [0.2, 0.25) is 0 Å². The van der Waals surface area contributed by atoms with Gasteiger partial charge < -0.3 is 30.4 Å². The van der Waals surface area contributed by atoms with Crippen molar-refractivity contribution in [3.63, 3.8) is 0 Å². The van der Waals surface area contributed by atoms with Gasteiger partial charge in [-0.2, -0.15) is 114 Å². The van der Waals surface area contributed by atoms with E-state index >= 15 is 0 Å². The number of nitrogens with one attached hydrogen (secondary N) is 2. The van der Waals surface area contributed by atoms with Gasteiger partial charge in [0.25, 0.3) is 0 Å². The van der Waals surface area contributed by atoms with Gasteiger partial charge >= 0.3 is 114 Å². The number of alkyl halides is 26. The highest BCUT2D eigenvalue weighted by Crippen LogP contribution is 2.64. The number of aliphatic carboxylic acids is 2. The lowest BCUT2D eigenvalue weighted by Crippen LogP contribution is -3.61. The van der Waals surface area contributed by atoms with E-state index in [1.807, 2.05) is 36.4 Å². The zero-order valence-electron chi connectivity index (χ0n) is 45.9. The maximum Gasteiger partial charge on any atom is 0.460 e. The van der Waals surface area contributed by atoms with Gasteiger partial charge in [0, 0.05) is 24.2 Å². The molecule has 8 nitrogen and oxygen atoms in total. The van der Waals surface area contributed by atoms with Crippen LogP contribution in [0.4, 0.5) is 126 Å². The second kappa shape index (κ2) is 33.3. The molecule has 0 aliphatic heterocycles. The number of carbonyl (C=O) groups excluding carboxylic acids is 4. The Kier molecular flexibility index (Phi) is 30.5. The van der Waals surface area contributed by atoms with Crippen LogP contribution in [0, 0.1) is 14.3 Å². The summed E-state index contributed by atoms with van der Waals surface area (Å²) in [7, 11) is 0. The normalized spacial score (nSPS) is 13.1. The maximum absolute atomic E-state index is 13.0. The summed E-state index contributed by atoms with van der Waals surface area (Å²) >= 11 is -0.268. The van der Waals surface area contributed by atoms with E-state index in [2.05, 4.69) is 97.3 Å². The molecule has 2 amide bonds. The fourth-order valence-corrected chi connectivity index (χ4v) is 10.8. The number of hydrogen-bond donors (Lipinski definition) is 2. The lowest BCUT2D eigenvalue weighted by atomic mass is 9.89. The van der Waals surface area contributed by atoms with E-state index in [1.165, 1.54) is 52.8 Å². The Hall–Kier alpha value is -5.60. The van der Waals surface area contributed by atoms with Gasteiger partial charge in [0.05, 0.1) is 0 Å². The number of hydrogen-bond acceptors (Lipinski definition) is 6. The van der Waals surface area contributed by atoms with Crippen molar-refractivity contribution in [3.05, 3.63) is 123 Å². The van der Waals surface area contributed by atoms with E-state index < -0.39 is 83.5 Å². The molecule has 90 heavy (non-hydrogen) atoms. The van der Waals surface area contributed by atoms with Gasteiger partial charge in [-0.15, -0.1) is 0 Å². The molecule has 36 heteroatoms. The Morgan fingerprint density at radius 3 is 0.822 bits per heavy atom. The minimum atomic E-state index is -8.79. The Morgan fingerprint density at radius 2 is 0.556 bits per heavy atom. The summed E-state index contributed by atoms with van der Waals surface area (Å²) < 4.78 is 325. The zero-order chi connectivity index (χ0) is 69.8. The number of anilines is 2. The second-order valence-electron chi connectivity index (χ2n) is 18.5. The molecule has 0 fully saturated rings. The third-order valence-corrected chi connectivity index (χ3v) is 16.9. The zero-order valence-corrected chi connectivity index (χ0v) is 50.2. The molecular weight excluding hydrogens is 1520 g/mol. The quantitative estimate of drug-likeness (QED) is 0.0331. The Bertz CT molecular complexity index is 2750. The largest absolute Gasteiger partial charge is 0.544 e. The molecule has 508 valence electrons. The Labute approximate surface area is 515 Å². The summed E-state index contributed by atoms with van der Waals surface area (Å²) in [5.74, 6) is -88.3. The van der Waals surface area contributed by atoms with Crippen LogP contribution in [0.25, 0.3) is 0 Å². The number of carbonyl (C=O) groups is 4. The van der Waals surface area contributed by atoms with Gasteiger partial charge in [0.2, 0.25) is 11.8 Å². The minimum absolute atomic E-state index is 0.131. The number of carboxylic acids is 2. The molecule has 0 aromatic heterocycles. The summed E-state index contributed by atoms with van der Waals surface area (Å²) in [5.41, 5.74) is 1.81. The molecule has 0 heterocycles. The molecule has 4 aromatic carbocycles. The molecule has 0 spiro atoms. The number of unbranched alkanes of at least 4 members (excludes halogenated alkanes) is 8. The van der Waals surface area contributed by atoms with E-state index in [0.717, 1.165) is 37.1 Å². The molecule has 0 atom stereocenters. The highest BCUT2D eigenvalue weighted by Gasteiger charge is 2.95. The van der Waals surface area contributed by atoms with Gasteiger partial charge in [-0.1, -0.05) is 102 Å². The highest BCUT2D eigenvalue weighted by molar-refractivity contribution is 5.91. The fourth-order valence-electron chi connectivity index (χ4n) is 6.42. The SMILES string of the molecule is CCCCCCCC(=O)Nc1ccc([I+]c2ccccc2)cc1.CCCCCCCC(=O)Nc1ccc([I+]c2ccccc2)cc1.O=C([O-])C(F)(F)C(F)(F)C(F)(F)C(F)(F)C(F)(F)C(F)(F)C(F)(F)C(F)(F)F.O=C([O-])C(F)(F)C(F)(F)C(F)(F)C(F)(F)F. The fraction of sp³-hybridized carbons (Fsp3) is 0.481.